The van der Waals surface area contributed by atoms with Gasteiger partial charge in [-0.25, -0.2) is 5.43 Å². The van der Waals surface area contributed by atoms with E-state index in [1.807, 2.05) is 54.6 Å². The SMILES string of the molecule is COc1ccccc1NCC(=O)N/N=C(/CC(C)C)c1ccccc1. The Kier molecular flexibility index (Phi) is 7.01. The summed E-state index contributed by atoms with van der Waals surface area (Å²) in [6, 6.07) is 17.4. The number of anilines is 1. The Bertz CT molecular complexity index is 712. The van der Waals surface area contributed by atoms with E-state index < -0.39 is 0 Å². The van der Waals surface area contributed by atoms with E-state index in [1.54, 1.807) is 7.11 Å². The predicted octanol–water partition coefficient (Wildman–Crippen LogP) is 3.67. The molecule has 5 heteroatoms. The quantitative estimate of drug-likeness (QED) is 0.570. The molecule has 0 fully saturated rings. The van der Waals surface area contributed by atoms with Crippen LogP contribution in [0.3, 0.4) is 0 Å². The Morgan fingerprint density at radius 1 is 1.08 bits per heavy atom. The van der Waals surface area contributed by atoms with E-state index >= 15 is 0 Å². The molecule has 0 atom stereocenters. The largest absolute Gasteiger partial charge is 0.495 e. The number of hydrazone groups is 1. The number of para-hydroxylation sites is 2. The number of amides is 1. The molecule has 0 aromatic heterocycles. The van der Waals surface area contributed by atoms with Crippen LogP contribution in [-0.2, 0) is 4.79 Å². The second kappa shape index (κ2) is 9.47. The Hall–Kier alpha value is -2.82. The molecule has 1 amide bonds. The lowest BCUT2D eigenvalue weighted by Gasteiger charge is -2.11. The fourth-order valence-electron chi connectivity index (χ4n) is 2.38. The standard InChI is InChI=1S/C20H25N3O2/c1-15(2)13-18(16-9-5-4-6-10-16)22-23-20(24)14-21-17-11-7-8-12-19(17)25-3/h4-12,15,21H,13-14H2,1-3H3,(H,23,24)/b22-18-. The summed E-state index contributed by atoms with van der Waals surface area (Å²) in [7, 11) is 1.60. The van der Waals surface area contributed by atoms with Crippen molar-refractivity contribution in [1.29, 1.82) is 0 Å². The summed E-state index contributed by atoms with van der Waals surface area (Å²) in [5, 5.41) is 7.40. The highest BCUT2D eigenvalue weighted by molar-refractivity contribution is 6.01. The van der Waals surface area contributed by atoms with Crippen molar-refractivity contribution in [2.75, 3.05) is 19.0 Å². The maximum atomic E-state index is 12.1. The van der Waals surface area contributed by atoms with E-state index in [0.29, 0.717) is 11.7 Å². The zero-order valence-corrected chi connectivity index (χ0v) is 15.0. The number of methoxy groups -OCH3 is 1. The second-order valence-electron chi connectivity index (χ2n) is 6.11. The highest BCUT2D eigenvalue weighted by Gasteiger charge is 2.08. The number of hydrogen-bond donors (Lipinski definition) is 2. The molecule has 0 aliphatic heterocycles. The number of benzene rings is 2. The third-order valence-corrected chi connectivity index (χ3v) is 3.57. The molecular formula is C20H25N3O2. The molecular weight excluding hydrogens is 314 g/mol. The fraction of sp³-hybridized carbons (Fsp3) is 0.300. The van der Waals surface area contributed by atoms with Crippen LogP contribution in [0, 0.1) is 5.92 Å². The molecule has 0 saturated carbocycles. The molecule has 2 rings (SSSR count). The lowest BCUT2D eigenvalue weighted by Crippen LogP contribution is -2.27. The first-order valence-corrected chi connectivity index (χ1v) is 8.38. The first-order valence-electron chi connectivity index (χ1n) is 8.38. The average Bonchev–Trinajstić information content (AvgIpc) is 2.64. The minimum absolute atomic E-state index is 0.119. The lowest BCUT2D eigenvalue weighted by atomic mass is 10.0. The number of rotatable bonds is 8. The van der Waals surface area contributed by atoms with E-state index in [2.05, 4.69) is 29.7 Å². The van der Waals surface area contributed by atoms with Crippen molar-refractivity contribution in [3.63, 3.8) is 0 Å². The number of nitrogens with zero attached hydrogens (tertiary/aromatic N) is 1. The van der Waals surface area contributed by atoms with Crippen molar-refractivity contribution in [3.8, 4) is 5.75 Å². The molecule has 0 radical (unpaired) electrons. The zero-order valence-electron chi connectivity index (χ0n) is 15.0. The Morgan fingerprint density at radius 2 is 1.76 bits per heavy atom. The number of carbonyl (C=O) groups excluding carboxylic acids is 1. The third kappa shape index (κ3) is 5.95. The van der Waals surface area contributed by atoms with Crippen molar-refractivity contribution in [2.24, 2.45) is 11.0 Å². The molecule has 2 aromatic rings. The van der Waals surface area contributed by atoms with Gasteiger partial charge in [0.2, 0.25) is 0 Å². The van der Waals surface area contributed by atoms with Crippen molar-refractivity contribution in [2.45, 2.75) is 20.3 Å². The summed E-state index contributed by atoms with van der Waals surface area (Å²) in [6.07, 6.45) is 0.796. The molecule has 0 spiro atoms. The summed E-state index contributed by atoms with van der Waals surface area (Å²) in [6.45, 7) is 4.38. The highest BCUT2D eigenvalue weighted by Crippen LogP contribution is 2.22. The lowest BCUT2D eigenvalue weighted by molar-refractivity contribution is -0.119. The van der Waals surface area contributed by atoms with Gasteiger partial charge in [-0.1, -0.05) is 56.3 Å². The maximum Gasteiger partial charge on any atom is 0.259 e. The van der Waals surface area contributed by atoms with Gasteiger partial charge in [0.15, 0.2) is 0 Å². The van der Waals surface area contributed by atoms with Gasteiger partial charge in [0.05, 0.1) is 25.1 Å². The van der Waals surface area contributed by atoms with Gasteiger partial charge >= 0.3 is 0 Å². The molecule has 0 aliphatic carbocycles. The summed E-state index contributed by atoms with van der Waals surface area (Å²) in [5.41, 5.74) is 5.31. The van der Waals surface area contributed by atoms with Crippen LogP contribution in [0.5, 0.6) is 5.75 Å². The Labute approximate surface area is 149 Å². The number of hydrogen-bond acceptors (Lipinski definition) is 4. The predicted molar refractivity (Wildman–Crippen MR) is 102 cm³/mol. The minimum Gasteiger partial charge on any atom is -0.495 e. The van der Waals surface area contributed by atoms with Crippen LogP contribution in [0.25, 0.3) is 0 Å². The Balaban J connectivity index is 1.98. The van der Waals surface area contributed by atoms with Crippen molar-refractivity contribution < 1.29 is 9.53 Å². The topological polar surface area (TPSA) is 62.7 Å². The third-order valence-electron chi connectivity index (χ3n) is 3.57. The second-order valence-corrected chi connectivity index (χ2v) is 6.11. The summed E-state index contributed by atoms with van der Waals surface area (Å²) < 4.78 is 5.26. The van der Waals surface area contributed by atoms with Crippen LogP contribution >= 0.6 is 0 Å². The number of nitrogens with one attached hydrogen (secondary N) is 2. The summed E-state index contributed by atoms with van der Waals surface area (Å²) in [5.74, 6) is 0.939. The first-order chi connectivity index (χ1) is 12.1. The van der Waals surface area contributed by atoms with Crippen LogP contribution in [0.1, 0.15) is 25.8 Å². The number of ether oxygens (including phenoxy) is 1. The first kappa shape index (κ1) is 18.5. The monoisotopic (exact) mass is 339 g/mol. The van der Waals surface area contributed by atoms with Gasteiger partial charge in [-0.3, -0.25) is 4.79 Å². The smallest absolute Gasteiger partial charge is 0.259 e. The van der Waals surface area contributed by atoms with Gasteiger partial charge < -0.3 is 10.1 Å². The van der Waals surface area contributed by atoms with Crippen LogP contribution in [-0.4, -0.2) is 25.3 Å². The van der Waals surface area contributed by atoms with Gasteiger partial charge in [0.1, 0.15) is 5.75 Å². The summed E-state index contributed by atoms with van der Waals surface area (Å²) in [4.78, 5) is 12.1. The van der Waals surface area contributed by atoms with E-state index in [9.17, 15) is 4.79 Å². The van der Waals surface area contributed by atoms with E-state index in [4.69, 9.17) is 4.74 Å². The van der Waals surface area contributed by atoms with E-state index in [0.717, 1.165) is 23.4 Å². The van der Waals surface area contributed by atoms with Gasteiger partial charge in [-0.2, -0.15) is 5.10 Å². The van der Waals surface area contributed by atoms with Gasteiger partial charge in [0, 0.05) is 0 Å². The molecule has 132 valence electrons. The molecule has 0 heterocycles. The molecule has 2 aromatic carbocycles. The van der Waals surface area contributed by atoms with Gasteiger partial charge in [0.25, 0.3) is 5.91 Å². The molecule has 0 unspecified atom stereocenters. The molecule has 0 saturated heterocycles. The normalized spacial score (nSPS) is 11.3. The van der Waals surface area contributed by atoms with Crippen LogP contribution < -0.4 is 15.5 Å². The Morgan fingerprint density at radius 3 is 2.44 bits per heavy atom. The molecule has 25 heavy (non-hydrogen) atoms. The van der Waals surface area contributed by atoms with Crippen LogP contribution in [0.2, 0.25) is 0 Å². The van der Waals surface area contributed by atoms with Crippen molar-refractivity contribution in [1.82, 2.24) is 5.43 Å². The average molecular weight is 339 g/mol. The van der Waals surface area contributed by atoms with Crippen molar-refractivity contribution in [3.05, 3.63) is 60.2 Å². The highest BCUT2D eigenvalue weighted by atomic mass is 16.5. The van der Waals surface area contributed by atoms with Gasteiger partial charge in [-0.05, 0) is 30.0 Å². The minimum atomic E-state index is -0.205. The van der Waals surface area contributed by atoms with E-state index in [-0.39, 0.29) is 12.5 Å². The number of carbonyl (C=O) groups is 1. The van der Waals surface area contributed by atoms with Crippen molar-refractivity contribution >= 4 is 17.3 Å². The van der Waals surface area contributed by atoms with Gasteiger partial charge in [-0.15, -0.1) is 0 Å². The molecule has 0 bridgehead atoms. The van der Waals surface area contributed by atoms with Crippen LogP contribution in [0.4, 0.5) is 5.69 Å². The zero-order chi connectivity index (χ0) is 18.1. The molecule has 2 N–H and O–H groups in total. The van der Waals surface area contributed by atoms with E-state index in [1.165, 1.54) is 0 Å². The summed E-state index contributed by atoms with van der Waals surface area (Å²) >= 11 is 0. The van der Waals surface area contributed by atoms with Crippen LogP contribution in [0.15, 0.2) is 59.7 Å². The molecule has 0 aliphatic rings. The molecule has 5 nitrogen and oxygen atoms in total. The fourth-order valence-corrected chi connectivity index (χ4v) is 2.38. The maximum absolute atomic E-state index is 12.1.